The SMILES string of the molecule is CS(=O)(=O)Nc1ccc(S(=O)(=O)NCC2CCCN2)cc1F. The second-order valence-electron chi connectivity index (χ2n) is 5.16. The summed E-state index contributed by atoms with van der Waals surface area (Å²) in [6.07, 6.45) is 2.76. The quantitative estimate of drug-likeness (QED) is 0.680. The summed E-state index contributed by atoms with van der Waals surface area (Å²) in [6.45, 7) is 1.08. The molecular weight excluding hydrogens is 333 g/mol. The maximum absolute atomic E-state index is 13.8. The average molecular weight is 351 g/mol. The van der Waals surface area contributed by atoms with E-state index < -0.39 is 25.9 Å². The van der Waals surface area contributed by atoms with E-state index in [0.717, 1.165) is 43.8 Å². The van der Waals surface area contributed by atoms with Gasteiger partial charge in [0.15, 0.2) is 0 Å². The molecule has 0 bridgehead atoms. The van der Waals surface area contributed by atoms with Gasteiger partial charge in [0.2, 0.25) is 20.0 Å². The lowest BCUT2D eigenvalue weighted by Crippen LogP contribution is -2.37. The van der Waals surface area contributed by atoms with Crippen LogP contribution < -0.4 is 14.8 Å². The van der Waals surface area contributed by atoms with Crippen molar-refractivity contribution >= 4 is 25.7 Å². The van der Waals surface area contributed by atoms with Gasteiger partial charge in [0.05, 0.1) is 16.8 Å². The molecule has 124 valence electrons. The van der Waals surface area contributed by atoms with Gasteiger partial charge < -0.3 is 5.32 Å². The molecule has 0 spiro atoms. The van der Waals surface area contributed by atoms with Crippen LogP contribution in [-0.2, 0) is 20.0 Å². The van der Waals surface area contributed by atoms with Crippen LogP contribution in [0, 0.1) is 5.82 Å². The van der Waals surface area contributed by atoms with Crippen molar-refractivity contribution in [2.24, 2.45) is 0 Å². The summed E-state index contributed by atoms with van der Waals surface area (Å²) in [7, 11) is -7.47. The lowest BCUT2D eigenvalue weighted by Gasteiger charge is -2.13. The molecule has 1 aromatic rings. The Hall–Kier alpha value is -1.23. The second-order valence-corrected chi connectivity index (χ2v) is 8.68. The van der Waals surface area contributed by atoms with Crippen LogP contribution in [0.25, 0.3) is 0 Å². The van der Waals surface area contributed by atoms with Crippen LogP contribution in [0.1, 0.15) is 12.8 Å². The van der Waals surface area contributed by atoms with Crippen LogP contribution in [0.15, 0.2) is 23.1 Å². The van der Waals surface area contributed by atoms with Crippen LogP contribution in [0.3, 0.4) is 0 Å². The molecule has 0 aromatic heterocycles. The average Bonchev–Trinajstić information content (AvgIpc) is 2.90. The highest BCUT2D eigenvalue weighted by Crippen LogP contribution is 2.20. The number of halogens is 1. The fourth-order valence-corrected chi connectivity index (χ4v) is 3.83. The molecule has 10 heteroatoms. The number of benzene rings is 1. The molecule has 1 aromatic carbocycles. The predicted molar refractivity (Wildman–Crippen MR) is 81.1 cm³/mol. The minimum absolute atomic E-state index is 0.0748. The first kappa shape index (κ1) is 17.1. The highest BCUT2D eigenvalue weighted by atomic mass is 32.2. The minimum atomic E-state index is -3.84. The Labute approximate surface area is 129 Å². The third-order valence-electron chi connectivity index (χ3n) is 3.23. The van der Waals surface area contributed by atoms with Gasteiger partial charge in [-0.1, -0.05) is 0 Å². The summed E-state index contributed by atoms with van der Waals surface area (Å²) in [5.74, 6) is -0.952. The molecule has 7 nitrogen and oxygen atoms in total. The van der Waals surface area contributed by atoms with Crippen molar-refractivity contribution in [3.63, 3.8) is 0 Å². The van der Waals surface area contributed by atoms with Crippen LogP contribution in [-0.4, -0.2) is 42.2 Å². The zero-order valence-corrected chi connectivity index (χ0v) is 13.6. The van der Waals surface area contributed by atoms with E-state index in [1.54, 1.807) is 0 Å². The number of hydrogen-bond acceptors (Lipinski definition) is 5. The number of rotatable bonds is 6. The third kappa shape index (κ3) is 4.63. The van der Waals surface area contributed by atoms with Gasteiger partial charge in [0.25, 0.3) is 0 Å². The lowest BCUT2D eigenvalue weighted by atomic mass is 10.2. The first-order chi connectivity index (χ1) is 10.2. The maximum atomic E-state index is 13.8. The van der Waals surface area contributed by atoms with Crippen LogP contribution in [0.2, 0.25) is 0 Å². The van der Waals surface area contributed by atoms with Gasteiger partial charge >= 0.3 is 0 Å². The number of hydrogen-bond donors (Lipinski definition) is 3. The molecule has 0 saturated carbocycles. The monoisotopic (exact) mass is 351 g/mol. The number of sulfonamides is 2. The Kier molecular flexibility index (Phi) is 5.05. The van der Waals surface area contributed by atoms with Gasteiger partial charge in [-0.3, -0.25) is 4.72 Å². The molecular formula is C12H18FN3O4S2. The zero-order chi connectivity index (χ0) is 16.4. The standard InChI is InChI=1S/C12H18FN3O4S2/c1-21(17,18)16-12-5-4-10(7-11(12)13)22(19,20)15-8-9-3-2-6-14-9/h4-5,7,9,14-16H,2-3,6,8H2,1H3. The van der Waals surface area contributed by atoms with Gasteiger partial charge in [0, 0.05) is 12.6 Å². The van der Waals surface area contributed by atoms with Crippen LogP contribution in [0.4, 0.5) is 10.1 Å². The fraction of sp³-hybridized carbons (Fsp3) is 0.500. The van der Waals surface area contributed by atoms with E-state index in [1.807, 2.05) is 4.72 Å². The summed E-state index contributed by atoms with van der Waals surface area (Å²) in [4.78, 5) is -0.248. The van der Waals surface area contributed by atoms with E-state index in [2.05, 4.69) is 10.0 Å². The number of nitrogens with one attached hydrogen (secondary N) is 3. The maximum Gasteiger partial charge on any atom is 0.240 e. The van der Waals surface area contributed by atoms with Crippen LogP contribution >= 0.6 is 0 Å². The Morgan fingerprint density at radius 3 is 2.59 bits per heavy atom. The van der Waals surface area contributed by atoms with E-state index in [4.69, 9.17) is 0 Å². The molecule has 1 unspecified atom stereocenters. The molecule has 22 heavy (non-hydrogen) atoms. The van der Waals surface area contributed by atoms with Gasteiger partial charge in [0.1, 0.15) is 5.82 Å². The molecule has 1 aliphatic rings. The minimum Gasteiger partial charge on any atom is -0.313 e. The number of anilines is 1. The second kappa shape index (κ2) is 6.49. The molecule has 3 N–H and O–H groups in total. The summed E-state index contributed by atoms with van der Waals surface area (Å²) in [5.41, 5.74) is -0.293. The highest BCUT2D eigenvalue weighted by molar-refractivity contribution is 7.92. The molecule has 0 amide bonds. The summed E-state index contributed by atoms with van der Waals surface area (Å²) < 4.78 is 64.5. The predicted octanol–water partition coefficient (Wildman–Crippen LogP) is 0.227. The van der Waals surface area contributed by atoms with Crippen molar-refractivity contribution in [3.05, 3.63) is 24.0 Å². The summed E-state index contributed by atoms with van der Waals surface area (Å²) in [6, 6.07) is 3.10. The summed E-state index contributed by atoms with van der Waals surface area (Å²) in [5, 5.41) is 3.15. The highest BCUT2D eigenvalue weighted by Gasteiger charge is 2.20. The largest absolute Gasteiger partial charge is 0.313 e. The molecule has 1 atom stereocenters. The Bertz CT molecular complexity index is 744. The molecule has 2 rings (SSSR count). The zero-order valence-electron chi connectivity index (χ0n) is 12.0. The van der Waals surface area contributed by atoms with E-state index >= 15 is 0 Å². The Morgan fingerprint density at radius 1 is 1.32 bits per heavy atom. The van der Waals surface area contributed by atoms with Crippen molar-refractivity contribution in [2.45, 2.75) is 23.8 Å². The van der Waals surface area contributed by atoms with Gasteiger partial charge in [-0.25, -0.2) is 25.9 Å². The topological polar surface area (TPSA) is 104 Å². The van der Waals surface area contributed by atoms with Gasteiger partial charge in [-0.05, 0) is 37.6 Å². The third-order valence-corrected chi connectivity index (χ3v) is 5.24. The van der Waals surface area contributed by atoms with E-state index in [1.165, 1.54) is 0 Å². The normalized spacial score (nSPS) is 19.3. The van der Waals surface area contributed by atoms with Crippen molar-refractivity contribution in [1.29, 1.82) is 0 Å². The molecule has 0 aliphatic carbocycles. The Balaban J connectivity index is 2.12. The Morgan fingerprint density at radius 2 is 2.05 bits per heavy atom. The smallest absolute Gasteiger partial charge is 0.240 e. The van der Waals surface area contributed by atoms with Crippen molar-refractivity contribution in [3.8, 4) is 0 Å². The van der Waals surface area contributed by atoms with Crippen molar-refractivity contribution in [1.82, 2.24) is 10.0 Å². The first-order valence-corrected chi connectivity index (χ1v) is 10.1. The van der Waals surface area contributed by atoms with Crippen molar-refractivity contribution in [2.75, 3.05) is 24.1 Å². The van der Waals surface area contributed by atoms with Crippen molar-refractivity contribution < 1.29 is 21.2 Å². The van der Waals surface area contributed by atoms with E-state index in [0.29, 0.717) is 0 Å². The first-order valence-electron chi connectivity index (χ1n) is 6.68. The fourth-order valence-electron chi connectivity index (χ4n) is 2.17. The summed E-state index contributed by atoms with van der Waals surface area (Å²) >= 11 is 0. The molecule has 1 saturated heterocycles. The molecule has 1 aliphatic heterocycles. The molecule has 1 fully saturated rings. The van der Waals surface area contributed by atoms with E-state index in [-0.39, 0.29) is 23.2 Å². The van der Waals surface area contributed by atoms with Gasteiger partial charge in [-0.2, -0.15) is 0 Å². The lowest BCUT2D eigenvalue weighted by molar-refractivity contribution is 0.550. The molecule has 1 heterocycles. The van der Waals surface area contributed by atoms with Crippen LogP contribution in [0.5, 0.6) is 0 Å². The van der Waals surface area contributed by atoms with Gasteiger partial charge in [-0.15, -0.1) is 0 Å². The van der Waals surface area contributed by atoms with E-state index in [9.17, 15) is 21.2 Å². The molecule has 0 radical (unpaired) electrons.